The van der Waals surface area contributed by atoms with Gasteiger partial charge in [0.2, 0.25) is 0 Å². The summed E-state index contributed by atoms with van der Waals surface area (Å²) in [5.41, 5.74) is 0.250. The van der Waals surface area contributed by atoms with E-state index >= 15 is 0 Å². The van der Waals surface area contributed by atoms with Gasteiger partial charge < -0.3 is 4.74 Å². The van der Waals surface area contributed by atoms with Crippen molar-refractivity contribution in [3.8, 4) is 0 Å². The van der Waals surface area contributed by atoms with Gasteiger partial charge in [-0.3, -0.25) is 0 Å². The van der Waals surface area contributed by atoms with Crippen LogP contribution in [0.5, 0.6) is 0 Å². The molecule has 0 heterocycles. The molecule has 0 unspecified atom stereocenters. The number of nitrogens with zero attached hydrogens (tertiary/aromatic N) is 1. The van der Waals surface area contributed by atoms with E-state index in [1.807, 2.05) is 0 Å². The maximum Gasteiger partial charge on any atom is 0.0598 e. The normalized spacial score (nSPS) is 13.7. The van der Waals surface area contributed by atoms with Crippen LogP contribution < -0.4 is 0 Å². The second-order valence-electron chi connectivity index (χ2n) is 5.57. The van der Waals surface area contributed by atoms with Crippen molar-refractivity contribution in [2.75, 3.05) is 13.2 Å². The zero-order valence-corrected chi connectivity index (χ0v) is 12.5. The van der Waals surface area contributed by atoms with Crippen LogP contribution in [0.2, 0.25) is 0 Å². The Labute approximate surface area is 103 Å². The summed E-state index contributed by atoms with van der Waals surface area (Å²) in [5.74, 6) is 0. The van der Waals surface area contributed by atoms with Crippen LogP contribution in [-0.2, 0) is 4.74 Å². The Hall–Kier alpha value is 0.650. The first-order chi connectivity index (χ1) is 6.13. The van der Waals surface area contributed by atoms with Crippen molar-refractivity contribution < 1.29 is 4.74 Å². The fraction of sp³-hybridized carbons (Fsp3) is 1.00. The van der Waals surface area contributed by atoms with Crippen molar-refractivity contribution >= 4 is 22.9 Å². The Morgan fingerprint density at radius 2 is 1.57 bits per heavy atom. The average molecular weight is 313 g/mol. The second kappa shape index (κ2) is 5.66. The van der Waals surface area contributed by atoms with E-state index in [-0.39, 0.29) is 11.1 Å². The highest BCUT2D eigenvalue weighted by Gasteiger charge is 2.18. The third-order valence-electron chi connectivity index (χ3n) is 1.76. The maximum atomic E-state index is 5.66. The van der Waals surface area contributed by atoms with E-state index in [1.54, 1.807) is 0 Å². The lowest BCUT2D eigenvalue weighted by molar-refractivity contribution is -0.00566. The molecular weight excluding hydrogens is 289 g/mol. The Balaban J connectivity index is 3.56. The highest BCUT2D eigenvalue weighted by Crippen LogP contribution is 2.18. The van der Waals surface area contributed by atoms with E-state index in [4.69, 9.17) is 4.74 Å². The van der Waals surface area contributed by atoms with Gasteiger partial charge in [0.15, 0.2) is 0 Å². The van der Waals surface area contributed by atoms with E-state index in [1.165, 1.54) is 0 Å². The van der Waals surface area contributed by atoms with Gasteiger partial charge in [-0.2, -0.15) is 0 Å². The van der Waals surface area contributed by atoms with Gasteiger partial charge in [0.1, 0.15) is 0 Å². The third-order valence-corrected chi connectivity index (χ3v) is 3.69. The van der Waals surface area contributed by atoms with Gasteiger partial charge in [-0.1, -0.05) is 0 Å². The summed E-state index contributed by atoms with van der Waals surface area (Å²) in [7, 11) is 0. The molecule has 0 fully saturated rings. The summed E-state index contributed by atoms with van der Waals surface area (Å²) in [6.07, 6.45) is 1.09. The summed E-state index contributed by atoms with van der Waals surface area (Å²) in [5, 5.41) is 0. The van der Waals surface area contributed by atoms with Crippen LogP contribution in [0.3, 0.4) is 0 Å². The van der Waals surface area contributed by atoms with Gasteiger partial charge in [-0.25, -0.2) is 3.11 Å². The minimum atomic E-state index is -0.00215. The summed E-state index contributed by atoms with van der Waals surface area (Å²) >= 11 is 2.39. The molecule has 0 atom stereocenters. The Bertz CT molecular complexity index is 158. The van der Waals surface area contributed by atoms with Crippen LogP contribution >= 0.6 is 22.9 Å². The molecule has 0 aromatic rings. The molecule has 0 bridgehead atoms. The number of ether oxygens (including phenoxy) is 1. The highest BCUT2D eigenvalue weighted by atomic mass is 127. The van der Waals surface area contributed by atoms with Gasteiger partial charge >= 0.3 is 0 Å². The fourth-order valence-electron chi connectivity index (χ4n) is 0.917. The largest absolute Gasteiger partial charge is 0.376 e. The van der Waals surface area contributed by atoms with Crippen LogP contribution in [-0.4, -0.2) is 27.4 Å². The van der Waals surface area contributed by atoms with E-state index < -0.39 is 0 Å². The van der Waals surface area contributed by atoms with Crippen molar-refractivity contribution in [3.05, 3.63) is 0 Å². The van der Waals surface area contributed by atoms with Crippen LogP contribution in [0.15, 0.2) is 0 Å². The molecule has 0 spiro atoms. The predicted molar refractivity (Wildman–Crippen MR) is 70.8 cm³/mol. The Morgan fingerprint density at radius 3 is 1.93 bits per heavy atom. The lowest BCUT2D eigenvalue weighted by Crippen LogP contribution is -2.34. The van der Waals surface area contributed by atoms with Gasteiger partial charge in [0, 0.05) is 41.6 Å². The molecule has 0 aromatic heterocycles. The van der Waals surface area contributed by atoms with E-state index in [0.717, 1.165) is 19.6 Å². The van der Waals surface area contributed by atoms with Crippen LogP contribution in [0.1, 0.15) is 48.0 Å². The van der Waals surface area contributed by atoms with E-state index in [0.29, 0.717) is 0 Å². The lowest BCUT2D eigenvalue weighted by Gasteiger charge is -2.30. The summed E-state index contributed by atoms with van der Waals surface area (Å²) in [4.78, 5) is 0. The van der Waals surface area contributed by atoms with Crippen LogP contribution in [0.4, 0.5) is 0 Å². The first-order valence-corrected chi connectivity index (χ1v) is 6.17. The van der Waals surface area contributed by atoms with Gasteiger partial charge in [0.25, 0.3) is 0 Å². The molecule has 3 heteroatoms. The summed E-state index contributed by atoms with van der Waals surface area (Å²) in [6, 6.07) is 0. The van der Waals surface area contributed by atoms with E-state index in [9.17, 15) is 0 Å². The second-order valence-corrected chi connectivity index (χ2v) is 6.74. The molecule has 14 heavy (non-hydrogen) atoms. The SMILES string of the molecule is CC(C)(C)OCCCN(I)C(C)(C)C. The minimum Gasteiger partial charge on any atom is -0.376 e. The zero-order valence-electron chi connectivity index (χ0n) is 10.4. The monoisotopic (exact) mass is 313 g/mol. The Morgan fingerprint density at radius 1 is 1.07 bits per heavy atom. The van der Waals surface area contributed by atoms with Crippen LogP contribution in [0, 0.1) is 0 Å². The van der Waals surface area contributed by atoms with Crippen molar-refractivity contribution in [1.82, 2.24) is 3.11 Å². The quantitative estimate of drug-likeness (QED) is 0.446. The molecule has 0 amide bonds. The molecule has 0 saturated heterocycles. The standard InChI is InChI=1S/C11H24INO/c1-10(2,3)13(12)8-7-9-14-11(4,5)6/h7-9H2,1-6H3. The summed E-state index contributed by atoms with van der Waals surface area (Å²) < 4.78 is 7.99. The molecule has 0 aliphatic rings. The molecular formula is C11H24INO. The van der Waals surface area contributed by atoms with Crippen LogP contribution in [0.25, 0.3) is 0 Å². The number of hydrogen-bond acceptors (Lipinski definition) is 2. The van der Waals surface area contributed by atoms with Gasteiger partial charge in [-0.05, 0) is 48.0 Å². The van der Waals surface area contributed by atoms with Crippen molar-refractivity contribution in [2.45, 2.75) is 59.1 Å². The average Bonchev–Trinajstić information content (AvgIpc) is 1.93. The zero-order chi connectivity index (χ0) is 11.4. The molecule has 0 aliphatic carbocycles. The van der Waals surface area contributed by atoms with Crippen molar-refractivity contribution in [3.63, 3.8) is 0 Å². The molecule has 2 nitrogen and oxygen atoms in total. The first-order valence-electron chi connectivity index (χ1n) is 5.20. The Kier molecular flexibility index (Phi) is 5.92. The fourth-order valence-corrected chi connectivity index (χ4v) is 1.26. The molecule has 86 valence electrons. The van der Waals surface area contributed by atoms with E-state index in [2.05, 4.69) is 67.5 Å². The first kappa shape index (κ1) is 14.6. The van der Waals surface area contributed by atoms with Crippen molar-refractivity contribution in [1.29, 1.82) is 0 Å². The molecule has 0 N–H and O–H groups in total. The van der Waals surface area contributed by atoms with Gasteiger partial charge in [-0.15, -0.1) is 0 Å². The molecule has 0 aliphatic heterocycles. The lowest BCUT2D eigenvalue weighted by atomic mass is 10.1. The maximum absolute atomic E-state index is 5.66. The molecule has 0 radical (unpaired) electrons. The number of rotatable bonds is 4. The number of halogens is 1. The minimum absolute atomic E-state index is 0.00215. The highest BCUT2D eigenvalue weighted by molar-refractivity contribution is 14.1. The number of hydrogen-bond donors (Lipinski definition) is 0. The van der Waals surface area contributed by atoms with Gasteiger partial charge in [0.05, 0.1) is 5.60 Å². The predicted octanol–water partition coefficient (Wildman–Crippen LogP) is 3.64. The van der Waals surface area contributed by atoms with Crippen molar-refractivity contribution in [2.24, 2.45) is 0 Å². The molecule has 0 saturated carbocycles. The summed E-state index contributed by atoms with van der Waals surface area (Å²) in [6.45, 7) is 14.9. The topological polar surface area (TPSA) is 12.5 Å². The third kappa shape index (κ3) is 8.00. The smallest absolute Gasteiger partial charge is 0.0598 e. The molecule has 0 rings (SSSR count). The molecule has 0 aromatic carbocycles.